The maximum Gasteiger partial charge on any atom is 0.125 e. The Bertz CT molecular complexity index is 812. The quantitative estimate of drug-likeness (QED) is 0.654. The molecule has 128 valence electrons. The van der Waals surface area contributed by atoms with E-state index in [2.05, 4.69) is 20.0 Å². The fourth-order valence-corrected chi connectivity index (χ4v) is 3.24. The van der Waals surface area contributed by atoms with Crippen LogP contribution in [0.1, 0.15) is 17.0 Å². The second-order valence-corrected chi connectivity index (χ2v) is 6.78. The normalized spacial score (nSPS) is 12.0. The predicted molar refractivity (Wildman–Crippen MR) is 98.7 cm³/mol. The molecule has 0 aliphatic heterocycles. The zero-order chi connectivity index (χ0) is 17.3. The van der Waals surface area contributed by atoms with Crippen LogP contribution in [0.3, 0.4) is 0 Å². The van der Waals surface area contributed by atoms with E-state index in [1.54, 1.807) is 12.4 Å². The number of hydrogen-bond donors (Lipinski definition) is 2. The molecule has 25 heavy (non-hydrogen) atoms. The van der Waals surface area contributed by atoms with Crippen LogP contribution in [0.15, 0.2) is 78.0 Å². The van der Waals surface area contributed by atoms with Gasteiger partial charge >= 0.3 is 0 Å². The van der Waals surface area contributed by atoms with Crippen molar-refractivity contribution in [3.05, 3.63) is 90.0 Å². The van der Waals surface area contributed by atoms with Crippen molar-refractivity contribution >= 4 is 11.0 Å². The lowest BCUT2D eigenvalue weighted by molar-refractivity contribution is 0.668. The number of hydrogen-bond acceptors (Lipinski definition) is 4. The highest BCUT2D eigenvalue weighted by atomic mass is 32.2. The van der Waals surface area contributed by atoms with Gasteiger partial charge in [-0.25, -0.2) is 8.93 Å². The number of nitrogens with one attached hydrogen (secondary N) is 2. The first-order valence-electron chi connectivity index (χ1n) is 8.06. The minimum absolute atomic E-state index is 0.468. The van der Waals surface area contributed by atoms with E-state index in [1.807, 2.05) is 60.7 Å². The predicted octanol–water partition coefficient (Wildman–Crippen LogP) is 2.58. The molecule has 5 nitrogen and oxygen atoms in total. The van der Waals surface area contributed by atoms with Gasteiger partial charge in [0.2, 0.25) is 0 Å². The Hall–Kier alpha value is -2.41. The molecule has 0 aliphatic carbocycles. The molecule has 0 radical (unpaired) electrons. The largest absolute Gasteiger partial charge is 0.307 e. The number of nitrogens with zero attached hydrogens (tertiary/aromatic N) is 2. The molecule has 1 atom stereocenters. The summed E-state index contributed by atoms with van der Waals surface area (Å²) in [6.45, 7) is 1.86. The molecule has 1 aromatic carbocycles. The highest BCUT2D eigenvalue weighted by molar-refractivity contribution is 7.83. The third-order valence-electron chi connectivity index (χ3n) is 3.58. The van der Waals surface area contributed by atoms with Gasteiger partial charge in [-0.2, -0.15) is 0 Å². The van der Waals surface area contributed by atoms with Gasteiger partial charge in [-0.3, -0.25) is 9.97 Å². The average Bonchev–Trinajstić information content (AvgIpc) is 2.68. The van der Waals surface area contributed by atoms with Crippen LogP contribution < -0.4 is 10.0 Å². The zero-order valence-electron chi connectivity index (χ0n) is 13.8. The van der Waals surface area contributed by atoms with Crippen molar-refractivity contribution in [1.82, 2.24) is 20.0 Å². The van der Waals surface area contributed by atoms with Gasteiger partial charge in [0.05, 0.1) is 22.8 Å². The molecule has 3 aromatic rings. The number of pyridine rings is 2. The highest BCUT2D eigenvalue weighted by Gasteiger charge is 2.05. The van der Waals surface area contributed by atoms with Crippen molar-refractivity contribution in [2.75, 3.05) is 0 Å². The van der Waals surface area contributed by atoms with Crippen molar-refractivity contribution in [1.29, 1.82) is 0 Å². The molecule has 3 rings (SSSR count). The van der Waals surface area contributed by atoms with Crippen molar-refractivity contribution in [3.63, 3.8) is 0 Å². The molecule has 0 fully saturated rings. The van der Waals surface area contributed by atoms with E-state index < -0.39 is 11.0 Å². The minimum Gasteiger partial charge on any atom is -0.307 e. The Labute approximate surface area is 150 Å². The van der Waals surface area contributed by atoms with Gasteiger partial charge in [-0.05, 0) is 42.0 Å². The highest BCUT2D eigenvalue weighted by Crippen LogP contribution is 2.09. The van der Waals surface area contributed by atoms with E-state index in [1.165, 1.54) is 0 Å². The Balaban J connectivity index is 1.52. The van der Waals surface area contributed by atoms with Crippen molar-refractivity contribution in [3.8, 4) is 0 Å². The molecule has 0 saturated heterocycles. The topological polar surface area (TPSA) is 66.9 Å². The maximum atomic E-state index is 12.4. The van der Waals surface area contributed by atoms with Gasteiger partial charge in [0, 0.05) is 25.5 Å². The molecule has 0 amide bonds. The van der Waals surface area contributed by atoms with E-state index in [0.717, 1.165) is 21.8 Å². The number of aromatic nitrogens is 2. The fourth-order valence-electron chi connectivity index (χ4n) is 2.33. The molecule has 0 saturated carbocycles. The molecular weight excluding hydrogens is 332 g/mol. The summed E-state index contributed by atoms with van der Waals surface area (Å²) in [6.07, 6.45) is 3.52. The third-order valence-corrected chi connectivity index (χ3v) is 4.67. The molecule has 2 heterocycles. The summed E-state index contributed by atoms with van der Waals surface area (Å²) in [5.41, 5.74) is 2.95. The molecule has 0 spiro atoms. The summed E-state index contributed by atoms with van der Waals surface area (Å²) in [4.78, 5) is 9.26. The fraction of sp³-hybridized carbons (Fsp3) is 0.158. The van der Waals surface area contributed by atoms with Crippen molar-refractivity contribution in [2.24, 2.45) is 0 Å². The lowest BCUT2D eigenvalue weighted by atomic mass is 10.2. The first-order valence-corrected chi connectivity index (χ1v) is 9.21. The second-order valence-electron chi connectivity index (χ2n) is 5.48. The second kappa shape index (κ2) is 9.17. The van der Waals surface area contributed by atoms with Gasteiger partial charge in [0.1, 0.15) is 11.0 Å². The van der Waals surface area contributed by atoms with E-state index in [9.17, 15) is 4.21 Å². The minimum atomic E-state index is -1.27. The molecule has 2 N–H and O–H groups in total. The van der Waals surface area contributed by atoms with Crippen LogP contribution in [0, 0.1) is 0 Å². The monoisotopic (exact) mass is 352 g/mol. The van der Waals surface area contributed by atoms with Gasteiger partial charge in [0.15, 0.2) is 0 Å². The molecule has 1 unspecified atom stereocenters. The van der Waals surface area contributed by atoms with Gasteiger partial charge in [-0.15, -0.1) is 0 Å². The molecule has 0 aliphatic rings. The Kier molecular flexibility index (Phi) is 6.39. The molecular formula is C19H20N4OS. The molecule has 0 bridgehead atoms. The zero-order valence-corrected chi connectivity index (χ0v) is 14.6. The van der Waals surface area contributed by atoms with E-state index >= 15 is 0 Å². The Morgan fingerprint density at radius 1 is 0.800 bits per heavy atom. The molecule has 6 heteroatoms. The van der Waals surface area contributed by atoms with E-state index in [-0.39, 0.29) is 0 Å². The van der Waals surface area contributed by atoms with Crippen LogP contribution in [0.5, 0.6) is 0 Å². The van der Waals surface area contributed by atoms with Crippen LogP contribution in [0.2, 0.25) is 0 Å². The van der Waals surface area contributed by atoms with E-state index in [4.69, 9.17) is 0 Å². The summed E-state index contributed by atoms with van der Waals surface area (Å²) in [5.74, 6) is 0. The maximum absolute atomic E-state index is 12.4. The smallest absolute Gasteiger partial charge is 0.125 e. The summed E-state index contributed by atoms with van der Waals surface area (Å²) in [5, 5.41) is 3.35. The number of rotatable bonds is 8. The van der Waals surface area contributed by atoms with Crippen LogP contribution in [0.4, 0.5) is 0 Å². The van der Waals surface area contributed by atoms with Crippen LogP contribution in [-0.2, 0) is 30.6 Å². The van der Waals surface area contributed by atoms with Crippen molar-refractivity contribution in [2.45, 2.75) is 24.5 Å². The van der Waals surface area contributed by atoms with Crippen LogP contribution in [0.25, 0.3) is 0 Å². The lowest BCUT2D eigenvalue weighted by Gasteiger charge is -2.08. The SMILES string of the molecule is O=S(NCc1ccccn1)c1cccc(CNCc2ccccn2)c1. The van der Waals surface area contributed by atoms with Crippen molar-refractivity contribution < 1.29 is 4.21 Å². The van der Waals surface area contributed by atoms with Gasteiger partial charge < -0.3 is 5.32 Å². The Morgan fingerprint density at radius 3 is 2.20 bits per heavy atom. The summed E-state index contributed by atoms with van der Waals surface area (Å²) in [7, 11) is -1.27. The van der Waals surface area contributed by atoms with Gasteiger partial charge in [-0.1, -0.05) is 24.3 Å². The summed E-state index contributed by atoms with van der Waals surface area (Å²) >= 11 is 0. The Morgan fingerprint density at radius 2 is 1.52 bits per heavy atom. The average molecular weight is 352 g/mol. The first kappa shape index (κ1) is 17.4. The third kappa shape index (κ3) is 5.56. The number of benzene rings is 1. The van der Waals surface area contributed by atoms with Gasteiger partial charge in [0.25, 0.3) is 0 Å². The van der Waals surface area contributed by atoms with Crippen LogP contribution >= 0.6 is 0 Å². The molecule has 2 aromatic heterocycles. The summed E-state index contributed by atoms with van der Waals surface area (Å²) in [6, 6.07) is 19.3. The first-order chi connectivity index (χ1) is 12.3. The standard InChI is InChI=1S/C19H20N4OS/c24-25(23-15-18-8-2-4-11-22-18)19-9-5-6-16(12-19)13-20-14-17-7-1-3-10-21-17/h1-12,20,23H,13-15H2. The summed E-state index contributed by atoms with van der Waals surface area (Å²) < 4.78 is 15.4. The van der Waals surface area contributed by atoms with Crippen LogP contribution in [-0.4, -0.2) is 14.2 Å². The lowest BCUT2D eigenvalue weighted by Crippen LogP contribution is -2.18. The van der Waals surface area contributed by atoms with E-state index in [0.29, 0.717) is 19.6 Å².